The minimum atomic E-state index is -0.144. The van der Waals surface area contributed by atoms with E-state index in [1.807, 2.05) is 12.1 Å². The summed E-state index contributed by atoms with van der Waals surface area (Å²) in [6.45, 7) is 2.69. The molecule has 2 amide bonds. The monoisotopic (exact) mass is 306 g/mol. The van der Waals surface area contributed by atoms with E-state index in [0.29, 0.717) is 6.54 Å². The number of hydrogen-bond acceptors (Lipinski definition) is 2. The van der Waals surface area contributed by atoms with Crippen molar-refractivity contribution in [2.24, 2.45) is 0 Å². The van der Waals surface area contributed by atoms with E-state index in [4.69, 9.17) is 11.6 Å². The first-order chi connectivity index (χ1) is 9.56. The van der Waals surface area contributed by atoms with Crippen LogP contribution in [0.1, 0.15) is 27.6 Å². The number of urea groups is 1. The summed E-state index contributed by atoms with van der Waals surface area (Å²) in [5, 5.41) is 6.93. The molecular formula is C15H15ClN2OS. The molecule has 1 aliphatic rings. The summed E-state index contributed by atoms with van der Waals surface area (Å²) in [6, 6.07) is 5.94. The highest BCUT2D eigenvalue weighted by molar-refractivity contribution is 7.08. The molecule has 5 heteroatoms. The van der Waals surface area contributed by atoms with Crippen molar-refractivity contribution in [3.05, 3.63) is 51.2 Å². The minimum absolute atomic E-state index is 0.0682. The van der Waals surface area contributed by atoms with E-state index in [-0.39, 0.29) is 11.4 Å². The smallest absolute Gasteiger partial charge is 0.321 e. The molecule has 1 N–H and O–H groups in total. The number of aryl methyl sites for hydroxylation is 1. The summed E-state index contributed by atoms with van der Waals surface area (Å²) < 4.78 is 0. The van der Waals surface area contributed by atoms with Crippen molar-refractivity contribution < 1.29 is 4.79 Å². The molecule has 20 heavy (non-hydrogen) atoms. The second-order valence-corrected chi connectivity index (χ2v) is 6.26. The maximum Gasteiger partial charge on any atom is 0.321 e. The van der Waals surface area contributed by atoms with Gasteiger partial charge in [0.2, 0.25) is 0 Å². The van der Waals surface area contributed by atoms with Crippen LogP contribution < -0.4 is 5.32 Å². The molecule has 1 aromatic heterocycles. The molecular weight excluding hydrogens is 292 g/mol. The van der Waals surface area contributed by atoms with Crippen LogP contribution in [-0.4, -0.2) is 18.0 Å². The Morgan fingerprint density at radius 3 is 2.90 bits per heavy atom. The number of benzene rings is 1. The fourth-order valence-electron chi connectivity index (χ4n) is 2.37. The number of carbonyl (C=O) groups is 1. The van der Waals surface area contributed by atoms with Gasteiger partial charge in [0.1, 0.15) is 0 Å². The Morgan fingerprint density at radius 1 is 1.40 bits per heavy atom. The fourth-order valence-corrected chi connectivity index (χ4v) is 3.69. The van der Waals surface area contributed by atoms with Crippen LogP contribution >= 0.6 is 22.9 Å². The predicted octanol–water partition coefficient (Wildman–Crippen LogP) is 4.36. The number of halogens is 1. The van der Waals surface area contributed by atoms with Gasteiger partial charge in [-0.15, -0.1) is 11.6 Å². The second-order valence-electron chi connectivity index (χ2n) is 5.08. The van der Waals surface area contributed by atoms with Crippen LogP contribution in [0.15, 0.2) is 29.0 Å². The lowest BCUT2D eigenvalue weighted by molar-refractivity contribution is 0.218. The third-order valence-corrected chi connectivity index (χ3v) is 4.95. The number of rotatable bonds is 2. The quantitative estimate of drug-likeness (QED) is 0.821. The number of hydrogen-bond donors (Lipinski definition) is 1. The molecule has 0 fully saturated rings. The maximum absolute atomic E-state index is 11.6. The zero-order valence-corrected chi connectivity index (χ0v) is 12.9. The number of amides is 2. The molecule has 3 rings (SSSR count). The van der Waals surface area contributed by atoms with Gasteiger partial charge in [-0.1, -0.05) is 12.1 Å². The van der Waals surface area contributed by atoms with E-state index in [1.165, 1.54) is 5.56 Å². The van der Waals surface area contributed by atoms with E-state index in [2.05, 4.69) is 29.1 Å². The molecule has 0 spiro atoms. The second kappa shape index (κ2) is 5.11. The van der Waals surface area contributed by atoms with Crippen LogP contribution in [-0.2, 0) is 6.54 Å². The molecule has 0 bridgehead atoms. The van der Waals surface area contributed by atoms with E-state index in [9.17, 15) is 4.79 Å². The fraction of sp³-hybridized carbons (Fsp3) is 0.267. The van der Waals surface area contributed by atoms with E-state index in [0.717, 1.165) is 22.4 Å². The summed E-state index contributed by atoms with van der Waals surface area (Å²) in [5.41, 5.74) is 5.42. The van der Waals surface area contributed by atoms with Crippen molar-refractivity contribution in [3.8, 4) is 0 Å². The Kier molecular flexibility index (Phi) is 3.44. The lowest BCUT2D eigenvalue weighted by Gasteiger charge is -2.26. The first-order valence-electron chi connectivity index (χ1n) is 6.38. The normalized spacial score (nSPS) is 15.8. The van der Waals surface area contributed by atoms with Gasteiger partial charge in [-0.2, -0.15) is 11.3 Å². The van der Waals surface area contributed by atoms with Crippen molar-refractivity contribution in [2.75, 3.05) is 12.4 Å². The highest BCUT2D eigenvalue weighted by atomic mass is 35.5. The van der Waals surface area contributed by atoms with Gasteiger partial charge in [-0.25, -0.2) is 4.79 Å². The van der Waals surface area contributed by atoms with Crippen molar-refractivity contribution in [1.29, 1.82) is 0 Å². The molecule has 3 nitrogen and oxygen atoms in total. The molecule has 1 unspecified atom stereocenters. The van der Waals surface area contributed by atoms with Crippen LogP contribution in [0.25, 0.3) is 0 Å². The van der Waals surface area contributed by atoms with Crippen LogP contribution in [0.2, 0.25) is 0 Å². The zero-order chi connectivity index (χ0) is 14.3. The molecule has 1 aromatic carbocycles. The van der Waals surface area contributed by atoms with Gasteiger partial charge >= 0.3 is 6.03 Å². The van der Waals surface area contributed by atoms with Crippen molar-refractivity contribution in [2.45, 2.75) is 18.8 Å². The maximum atomic E-state index is 11.6. The molecule has 0 saturated carbocycles. The summed E-state index contributed by atoms with van der Waals surface area (Å²) in [5.74, 6) is 0. The van der Waals surface area contributed by atoms with E-state index in [1.54, 1.807) is 23.3 Å². The third-order valence-electron chi connectivity index (χ3n) is 3.59. The number of nitrogens with one attached hydrogen (secondary N) is 1. The van der Waals surface area contributed by atoms with Crippen molar-refractivity contribution in [3.63, 3.8) is 0 Å². The van der Waals surface area contributed by atoms with Gasteiger partial charge in [0, 0.05) is 19.3 Å². The van der Waals surface area contributed by atoms with Crippen molar-refractivity contribution in [1.82, 2.24) is 4.90 Å². The molecule has 1 atom stereocenters. The van der Waals surface area contributed by atoms with Gasteiger partial charge in [0.15, 0.2) is 0 Å². The predicted molar refractivity (Wildman–Crippen MR) is 83.7 cm³/mol. The van der Waals surface area contributed by atoms with E-state index >= 15 is 0 Å². The molecule has 1 aliphatic heterocycles. The minimum Gasteiger partial charge on any atom is -0.323 e. The third kappa shape index (κ3) is 2.30. The first kappa shape index (κ1) is 13.5. The van der Waals surface area contributed by atoms with Gasteiger partial charge < -0.3 is 10.2 Å². The summed E-state index contributed by atoms with van der Waals surface area (Å²) >= 11 is 8.26. The lowest BCUT2D eigenvalue weighted by Crippen LogP contribution is -2.35. The summed E-state index contributed by atoms with van der Waals surface area (Å²) in [7, 11) is 1.78. The average Bonchev–Trinajstić information content (AvgIpc) is 2.85. The van der Waals surface area contributed by atoms with Crippen LogP contribution in [0, 0.1) is 6.92 Å². The highest BCUT2D eigenvalue weighted by Gasteiger charge is 2.21. The molecule has 0 saturated heterocycles. The molecule has 2 heterocycles. The Balaban J connectivity index is 1.95. The number of anilines is 1. The van der Waals surface area contributed by atoms with Gasteiger partial charge in [0.25, 0.3) is 0 Å². The molecule has 2 aromatic rings. The zero-order valence-electron chi connectivity index (χ0n) is 11.3. The van der Waals surface area contributed by atoms with Crippen molar-refractivity contribution >= 4 is 34.7 Å². The van der Waals surface area contributed by atoms with Crippen LogP contribution in [0.4, 0.5) is 10.5 Å². The van der Waals surface area contributed by atoms with Gasteiger partial charge in [-0.05, 0) is 46.0 Å². The Bertz CT molecular complexity index is 668. The van der Waals surface area contributed by atoms with Gasteiger partial charge in [0.05, 0.1) is 5.38 Å². The van der Waals surface area contributed by atoms with Gasteiger partial charge in [-0.3, -0.25) is 0 Å². The topological polar surface area (TPSA) is 32.3 Å². The molecule has 0 aliphatic carbocycles. The first-order valence-corrected chi connectivity index (χ1v) is 7.76. The Hall–Kier alpha value is -1.52. The highest BCUT2D eigenvalue weighted by Crippen LogP contribution is 2.35. The number of alkyl halides is 1. The average molecular weight is 307 g/mol. The largest absolute Gasteiger partial charge is 0.323 e. The standard InChI is InChI=1S/C15H15ClN2OS/c1-9-7-20-8-12(9)14(16)10-3-4-13-11(5-10)6-18(2)15(19)17-13/h3-5,7-8,14H,6H2,1-2H3,(H,17,19). The molecule has 0 radical (unpaired) electrons. The Morgan fingerprint density at radius 2 is 2.20 bits per heavy atom. The SMILES string of the molecule is Cc1cscc1C(Cl)c1ccc2c(c1)CN(C)C(=O)N2. The van der Waals surface area contributed by atoms with Crippen LogP contribution in [0.3, 0.4) is 0 Å². The molecule has 104 valence electrons. The summed E-state index contributed by atoms with van der Waals surface area (Å²) in [6.07, 6.45) is 0. The Labute approximate surface area is 127 Å². The summed E-state index contributed by atoms with van der Waals surface area (Å²) in [4.78, 5) is 13.3. The number of nitrogens with zero attached hydrogens (tertiary/aromatic N) is 1. The van der Waals surface area contributed by atoms with Crippen LogP contribution in [0.5, 0.6) is 0 Å². The lowest BCUT2D eigenvalue weighted by atomic mass is 10.00. The number of fused-ring (bicyclic) bond motifs is 1. The number of carbonyl (C=O) groups excluding carboxylic acids is 1. The number of thiophene rings is 1. The van der Waals surface area contributed by atoms with E-state index < -0.39 is 0 Å².